The molecular weight excluding hydrogens is 416 g/mol. The Morgan fingerprint density at radius 1 is 1.17 bits per heavy atom. The van der Waals surface area contributed by atoms with Gasteiger partial charge in [-0.25, -0.2) is 13.6 Å². The van der Waals surface area contributed by atoms with Gasteiger partial charge in [0.1, 0.15) is 17.4 Å². The monoisotopic (exact) mass is 433 g/mol. The molecule has 3 aromatic rings. The van der Waals surface area contributed by atoms with Gasteiger partial charge in [0.15, 0.2) is 17.3 Å². The number of thiazole rings is 1. The van der Waals surface area contributed by atoms with Crippen LogP contribution in [0, 0.1) is 11.6 Å². The summed E-state index contributed by atoms with van der Waals surface area (Å²) >= 11 is 1.11. The Balaban J connectivity index is 1.17. The second-order valence-corrected chi connectivity index (χ2v) is 8.01. The number of aromatic nitrogens is 1. The minimum atomic E-state index is -0.703. The molecular formula is C20H17F2N3O4S. The third-order valence-electron chi connectivity index (χ3n) is 5.01. The molecule has 0 aliphatic carbocycles. The van der Waals surface area contributed by atoms with E-state index in [9.17, 15) is 13.6 Å². The van der Waals surface area contributed by atoms with Gasteiger partial charge in [0.05, 0.1) is 4.70 Å². The van der Waals surface area contributed by atoms with Crippen LogP contribution >= 0.6 is 11.3 Å². The summed E-state index contributed by atoms with van der Waals surface area (Å²) in [6.45, 7) is 1.19. The zero-order valence-electron chi connectivity index (χ0n) is 15.7. The highest BCUT2D eigenvalue weighted by Crippen LogP contribution is 2.35. The van der Waals surface area contributed by atoms with Crippen LogP contribution in [0.2, 0.25) is 0 Å². The number of urea groups is 1. The lowest BCUT2D eigenvalue weighted by Gasteiger charge is -2.31. The van der Waals surface area contributed by atoms with Crippen LogP contribution in [-0.2, 0) is 0 Å². The average molecular weight is 433 g/mol. The summed E-state index contributed by atoms with van der Waals surface area (Å²) in [6, 6.07) is 7.09. The van der Waals surface area contributed by atoms with Crippen molar-refractivity contribution in [1.82, 2.24) is 9.88 Å². The fourth-order valence-electron chi connectivity index (χ4n) is 3.48. The highest BCUT2D eigenvalue weighted by molar-refractivity contribution is 7.20. The van der Waals surface area contributed by atoms with Crippen molar-refractivity contribution in [3.05, 3.63) is 42.0 Å². The zero-order chi connectivity index (χ0) is 20.7. The van der Waals surface area contributed by atoms with Crippen molar-refractivity contribution in [2.45, 2.75) is 18.9 Å². The number of fused-ring (bicyclic) bond motifs is 2. The van der Waals surface area contributed by atoms with Crippen LogP contribution in [0.3, 0.4) is 0 Å². The molecule has 0 spiro atoms. The predicted molar refractivity (Wildman–Crippen MR) is 106 cm³/mol. The number of piperidine rings is 1. The minimum absolute atomic E-state index is 0.108. The lowest BCUT2D eigenvalue weighted by atomic mass is 10.1. The number of rotatable bonds is 3. The first-order chi connectivity index (χ1) is 14.5. The van der Waals surface area contributed by atoms with Crippen molar-refractivity contribution in [1.29, 1.82) is 0 Å². The van der Waals surface area contributed by atoms with Gasteiger partial charge in [-0.15, -0.1) is 0 Å². The molecule has 2 amide bonds. The highest BCUT2D eigenvalue weighted by atomic mass is 32.1. The van der Waals surface area contributed by atoms with Gasteiger partial charge < -0.3 is 24.4 Å². The fourth-order valence-corrected chi connectivity index (χ4v) is 4.40. The molecule has 5 rings (SSSR count). The molecule has 2 aliphatic heterocycles. The van der Waals surface area contributed by atoms with Crippen LogP contribution in [0.25, 0.3) is 10.2 Å². The smallest absolute Gasteiger partial charge is 0.321 e. The number of halogens is 2. The maximum atomic E-state index is 13.8. The quantitative estimate of drug-likeness (QED) is 0.664. The van der Waals surface area contributed by atoms with E-state index in [1.807, 2.05) is 0 Å². The van der Waals surface area contributed by atoms with Crippen LogP contribution in [0.5, 0.6) is 16.7 Å². The summed E-state index contributed by atoms with van der Waals surface area (Å²) < 4.78 is 44.0. The third kappa shape index (κ3) is 3.70. The Labute approximate surface area is 174 Å². The Morgan fingerprint density at radius 3 is 2.80 bits per heavy atom. The van der Waals surface area contributed by atoms with Gasteiger partial charge in [0.2, 0.25) is 6.79 Å². The number of carbonyl (C=O) groups excluding carboxylic acids is 1. The Bertz CT molecular complexity index is 1110. The second-order valence-electron chi connectivity index (χ2n) is 7.02. The van der Waals surface area contributed by atoms with Crippen molar-refractivity contribution in [2.75, 3.05) is 25.2 Å². The first-order valence-electron chi connectivity index (χ1n) is 9.43. The molecule has 0 saturated carbocycles. The van der Waals surface area contributed by atoms with Crippen LogP contribution in [0.4, 0.5) is 19.3 Å². The number of benzene rings is 2. The van der Waals surface area contributed by atoms with E-state index in [1.165, 1.54) is 6.07 Å². The minimum Gasteiger partial charge on any atom is -0.467 e. The SMILES string of the molecule is O=C(Nc1ccc2c(c1)OCO2)N1CCC(Oc2nc3c(F)cc(F)cc3s2)CC1. The molecule has 2 aromatic carbocycles. The fraction of sp³-hybridized carbons (Fsp3) is 0.300. The molecule has 3 heterocycles. The summed E-state index contributed by atoms with van der Waals surface area (Å²) in [5.74, 6) is -0.0846. The van der Waals surface area contributed by atoms with E-state index in [1.54, 1.807) is 23.1 Å². The number of hydrogen-bond donors (Lipinski definition) is 1. The number of nitrogens with one attached hydrogen (secondary N) is 1. The van der Waals surface area contributed by atoms with Crippen LogP contribution in [0.15, 0.2) is 30.3 Å². The summed E-state index contributed by atoms with van der Waals surface area (Å²) in [4.78, 5) is 18.4. The van der Waals surface area contributed by atoms with E-state index in [-0.39, 0.29) is 24.4 Å². The van der Waals surface area contributed by atoms with Gasteiger partial charge in [-0.2, -0.15) is 4.98 Å². The number of hydrogen-bond acceptors (Lipinski definition) is 6. The van der Waals surface area contributed by atoms with Gasteiger partial charge in [0.25, 0.3) is 5.19 Å². The summed E-state index contributed by atoms with van der Waals surface area (Å²) in [7, 11) is 0. The molecule has 30 heavy (non-hydrogen) atoms. The van der Waals surface area contributed by atoms with Crippen molar-refractivity contribution in [2.24, 2.45) is 0 Å². The Hall–Kier alpha value is -3.14. The molecule has 1 saturated heterocycles. The maximum absolute atomic E-state index is 13.8. The predicted octanol–water partition coefficient (Wildman–Crippen LogP) is 4.38. The van der Waals surface area contributed by atoms with E-state index in [2.05, 4.69) is 10.3 Å². The molecule has 0 bridgehead atoms. The molecule has 1 aromatic heterocycles. The van der Waals surface area contributed by atoms with E-state index < -0.39 is 11.6 Å². The lowest BCUT2D eigenvalue weighted by molar-refractivity contribution is 0.115. The first kappa shape index (κ1) is 18.9. The number of carbonyl (C=O) groups is 1. The van der Waals surface area contributed by atoms with E-state index >= 15 is 0 Å². The third-order valence-corrected chi connectivity index (χ3v) is 5.91. The molecule has 0 unspecified atom stereocenters. The average Bonchev–Trinajstić information content (AvgIpc) is 3.34. The lowest BCUT2D eigenvalue weighted by Crippen LogP contribution is -2.43. The molecule has 156 valence electrons. The van der Waals surface area contributed by atoms with Gasteiger partial charge in [-0.1, -0.05) is 11.3 Å². The van der Waals surface area contributed by atoms with Gasteiger partial charge in [-0.3, -0.25) is 0 Å². The number of nitrogens with zero attached hydrogens (tertiary/aromatic N) is 2. The van der Waals surface area contributed by atoms with Crippen LogP contribution in [0.1, 0.15) is 12.8 Å². The molecule has 1 N–H and O–H groups in total. The summed E-state index contributed by atoms with van der Waals surface area (Å²) in [5.41, 5.74) is 0.739. The Kier molecular flexibility index (Phi) is 4.78. The van der Waals surface area contributed by atoms with Gasteiger partial charge in [0, 0.05) is 43.8 Å². The number of amides is 2. The number of ether oxygens (including phenoxy) is 3. The van der Waals surface area contributed by atoms with Crippen molar-refractivity contribution >= 4 is 33.3 Å². The standard InChI is InChI=1S/C20H17F2N3O4S/c21-11-7-14(22)18-17(8-11)30-20(24-18)29-13-3-5-25(6-4-13)19(26)23-12-1-2-15-16(9-12)28-10-27-15/h1-2,7-9,13H,3-6,10H2,(H,23,26). The largest absolute Gasteiger partial charge is 0.467 e. The first-order valence-corrected chi connectivity index (χ1v) is 10.2. The van der Waals surface area contributed by atoms with Crippen molar-refractivity contribution in [3.63, 3.8) is 0 Å². The van der Waals surface area contributed by atoms with E-state index in [4.69, 9.17) is 14.2 Å². The number of likely N-dealkylation sites (tertiary alicyclic amines) is 1. The van der Waals surface area contributed by atoms with Crippen molar-refractivity contribution < 1.29 is 27.8 Å². The van der Waals surface area contributed by atoms with Crippen LogP contribution < -0.4 is 19.5 Å². The second kappa shape index (κ2) is 7.60. The molecule has 0 atom stereocenters. The zero-order valence-corrected chi connectivity index (χ0v) is 16.5. The van der Waals surface area contributed by atoms with E-state index in [0.717, 1.165) is 17.4 Å². The summed E-state index contributed by atoms with van der Waals surface area (Å²) in [5, 5.41) is 3.16. The molecule has 2 aliphatic rings. The maximum Gasteiger partial charge on any atom is 0.321 e. The number of anilines is 1. The van der Waals surface area contributed by atoms with E-state index in [0.29, 0.717) is 53.0 Å². The summed E-state index contributed by atoms with van der Waals surface area (Å²) in [6.07, 6.45) is 1.08. The molecule has 7 nitrogen and oxygen atoms in total. The normalized spacial score (nSPS) is 16.1. The van der Waals surface area contributed by atoms with Gasteiger partial charge >= 0.3 is 6.03 Å². The molecule has 0 radical (unpaired) electrons. The topological polar surface area (TPSA) is 72.9 Å². The molecule has 1 fully saturated rings. The molecule has 10 heteroatoms. The van der Waals surface area contributed by atoms with Crippen molar-refractivity contribution in [3.8, 4) is 16.7 Å². The van der Waals surface area contributed by atoms with Crippen LogP contribution in [-0.4, -0.2) is 41.9 Å². The highest BCUT2D eigenvalue weighted by Gasteiger charge is 2.25. The Morgan fingerprint density at radius 2 is 1.97 bits per heavy atom. The van der Waals surface area contributed by atoms with Gasteiger partial charge in [-0.05, 0) is 18.2 Å².